The molecule has 24 heavy (non-hydrogen) atoms. The van der Waals surface area contributed by atoms with E-state index in [1.54, 1.807) is 26.4 Å². The fourth-order valence-corrected chi connectivity index (χ4v) is 4.42. The highest BCUT2D eigenvalue weighted by Crippen LogP contribution is 2.61. The minimum Gasteiger partial charge on any atom is -0.370 e. The molecule has 0 N–H and O–H groups in total. The summed E-state index contributed by atoms with van der Waals surface area (Å²) in [6, 6.07) is 6.70. The molecule has 2 saturated heterocycles. The van der Waals surface area contributed by atoms with Crippen LogP contribution in [0.2, 0.25) is 0 Å². The number of halogens is 1. The Bertz CT molecular complexity index is 597. The highest BCUT2D eigenvalue weighted by Gasteiger charge is 2.74. The van der Waals surface area contributed by atoms with Crippen LogP contribution in [0.3, 0.4) is 0 Å². The van der Waals surface area contributed by atoms with Crippen molar-refractivity contribution in [1.29, 1.82) is 0 Å². The van der Waals surface area contributed by atoms with E-state index in [9.17, 15) is 4.39 Å². The summed E-state index contributed by atoms with van der Waals surface area (Å²) in [6.45, 7) is 6.48. The molecule has 4 nitrogen and oxygen atoms in total. The van der Waals surface area contributed by atoms with Crippen LogP contribution < -0.4 is 0 Å². The number of hydrogen-bond donors (Lipinski definition) is 0. The summed E-state index contributed by atoms with van der Waals surface area (Å²) in [7, 11) is 3.33. The zero-order valence-corrected chi connectivity index (χ0v) is 15.1. The van der Waals surface area contributed by atoms with Gasteiger partial charge in [-0.15, -0.1) is 0 Å². The van der Waals surface area contributed by atoms with Crippen molar-refractivity contribution in [3.63, 3.8) is 0 Å². The SMILES string of the molecule is COC1(OC)C[C@]2(C)O[C@@]1(C(C)C)C[C@H]2OCc1ccccc1F. The Morgan fingerprint density at radius 3 is 2.50 bits per heavy atom. The van der Waals surface area contributed by atoms with Gasteiger partial charge in [0.2, 0.25) is 0 Å². The van der Waals surface area contributed by atoms with E-state index in [-0.39, 0.29) is 24.4 Å². The first kappa shape index (κ1) is 17.8. The molecule has 1 aromatic rings. The molecule has 0 spiro atoms. The van der Waals surface area contributed by atoms with Crippen LogP contribution in [-0.4, -0.2) is 37.3 Å². The molecule has 0 unspecified atom stereocenters. The van der Waals surface area contributed by atoms with E-state index in [4.69, 9.17) is 18.9 Å². The number of hydrogen-bond acceptors (Lipinski definition) is 4. The number of ether oxygens (including phenoxy) is 4. The minimum absolute atomic E-state index is 0.127. The predicted octanol–water partition coefficient (Wildman–Crippen LogP) is 3.68. The molecule has 2 fully saturated rings. The van der Waals surface area contributed by atoms with Gasteiger partial charge in [0.25, 0.3) is 0 Å². The quantitative estimate of drug-likeness (QED) is 0.742. The second-order valence-electron chi connectivity index (χ2n) is 7.39. The van der Waals surface area contributed by atoms with E-state index in [0.717, 1.165) is 0 Å². The molecule has 2 aliphatic rings. The molecule has 0 amide bonds. The zero-order chi connectivity index (χ0) is 17.6. The van der Waals surface area contributed by atoms with Gasteiger partial charge in [-0.1, -0.05) is 32.0 Å². The Balaban J connectivity index is 1.81. The lowest BCUT2D eigenvalue weighted by molar-refractivity contribution is -0.285. The minimum atomic E-state index is -0.770. The molecular weight excluding hydrogens is 311 g/mol. The highest BCUT2D eigenvalue weighted by molar-refractivity contribution is 5.20. The molecule has 3 atom stereocenters. The van der Waals surface area contributed by atoms with Crippen molar-refractivity contribution >= 4 is 0 Å². The maximum atomic E-state index is 13.8. The first-order valence-electron chi connectivity index (χ1n) is 8.48. The van der Waals surface area contributed by atoms with Crippen LogP contribution in [-0.2, 0) is 25.6 Å². The highest BCUT2D eigenvalue weighted by atomic mass is 19.1. The lowest BCUT2D eigenvalue weighted by Crippen LogP contribution is -2.59. The van der Waals surface area contributed by atoms with Crippen molar-refractivity contribution in [1.82, 2.24) is 0 Å². The molecule has 2 bridgehead atoms. The van der Waals surface area contributed by atoms with Gasteiger partial charge in [-0.05, 0) is 18.9 Å². The van der Waals surface area contributed by atoms with Gasteiger partial charge in [0.1, 0.15) is 11.4 Å². The molecule has 2 heterocycles. The van der Waals surface area contributed by atoms with Crippen molar-refractivity contribution in [2.75, 3.05) is 14.2 Å². The number of methoxy groups -OCH3 is 2. The van der Waals surface area contributed by atoms with Crippen molar-refractivity contribution < 1.29 is 23.3 Å². The van der Waals surface area contributed by atoms with Crippen LogP contribution in [0.5, 0.6) is 0 Å². The zero-order valence-electron chi connectivity index (χ0n) is 15.1. The third-order valence-electron chi connectivity index (χ3n) is 5.80. The summed E-state index contributed by atoms with van der Waals surface area (Å²) in [5, 5.41) is 0. The third-order valence-corrected chi connectivity index (χ3v) is 5.80. The number of fused-ring (bicyclic) bond motifs is 2. The number of benzene rings is 1. The van der Waals surface area contributed by atoms with Gasteiger partial charge in [0.15, 0.2) is 5.79 Å². The fourth-order valence-electron chi connectivity index (χ4n) is 4.42. The van der Waals surface area contributed by atoms with Gasteiger partial charge in [-0.2, -0.15) is 0 Å². The third kappa shape index (κ3) is 2.41. The van der Waals surface area contributed by atoms with Crippen LogP contribution in [0.1, 0.15) is 39.2 Å². The summed E-state index contributed by atoms with van der Waals surface area (Å²) in [4.78, 5) is 0. The summed E-state index contributed by atoms with van der Waals surface area (Å²) in [6.07, 6.45) is 1.13. The van der Waals surface area contributed by atoms with Gasteiger partial charge in [0, 0.05) is 32.6 Å². The van der Waals surface area contributed by atoms with E-state index in [1.165, 1.54) is 6.07 Å². The Labute approximate surface area is 143 Å². The Kier molecular flexibility index (Phi) is 4.49. The molecule has 134 valence electrons. The first-order chi connectivity index (χ1) is 11.3. The van der Waals surface area contributed by atoms with E-state index in [1.807, 2.05) is 13.0 Å². The smallest absolute Gasteiger partial charge is 0.200 e. The first-order valence-corrected chi connectivity index (χ1v) is 8.48. The monoisotopic (exact) mass is 338 g/mol. The van der Waals surface area contributed by atoms with Crippen molar-refractivity contribution in [3.8, 4) is 0 Å². The average Bonchev–Trinajstić information content (AvgIpc) is 3.01. The number of rotatable bonds is 6. The van der Waals surface area contributed by atoms with Gasteiger partial charge < -0.3 is 18.9 Å². The maximum Gasteiger partial charge on any atom is 0.200 e. The van der Waals surface area contributed by atoms with Crippen LogP contribution in [0.15, 0.2) is 24.3 Å². The Morgan fingerprint density at radius 2 is 1.92 bits per heavy atom. The predicted molar refractivity (Wildman–Crippen MR) is 88.0 cm³/mol. The van der Waals surface area contributed by atoms with Gasteiger partial charge in [-0.25, -0.2) is 4.39 Å². The summed E-state index contributed by atoms with van der Waals surface area (Å²) in [5.41, 5.74) is -0.514. The largest absolute Gasteiger partial charge is 0.370 e. The topological polar surface area (TPSA) is 36.9 Å². The summed E-state index contributed by atoms with van der Waals surface area (Å²) in [5.74, 6) is -0.817. The normalized spacial score (nSPS) is 34.2. The van der Waals surface area contributed by atoms with Gasteiger partial charge >= 0.3 is 0 Å². The van der Waals surface area contributed by atoms with Crippen molar-refractivity contribution in [2.45, 2.75) is 63.3 Å². The molecule has 3 rings (SSSR count). The van der Waals surface area contributed by atoms with E-state index in [0.29, 0.717) is 18.4 Å². The molecule has 2 aliphatic heterocycles. The molecule has 0 aromatic heterocycles. The van der Waals surface area contributed by atoms with Crippen LogP contribution in [0.25, 0.3) is 0 Å². The van der Waals surface area contributed by atoms with Gasteiger partial charge in [0.05, 0.1) is 18.3 Å². The average molecular weight is 338 g/mol. The molecule has 5 heteroatoms. The summed E-state index contributed by atoms with van der Waals surface area (Å²) < 4.78 is 37.9. The molecule has 1 aromatic carbocycles. The second kappa shape index (κ2) is 6.06. The molecule has 0 aliphatic carbocycles. The van der Waals surface area contributed by atoms with E-state index < -0.39 is 17.0 Å². The van der Waals surface area contributed by atoms with Crippen molar-refractivity contribution in [2.24, 2.45) is 5.92 Å². The van der Waals surface area contributed by atoms with Crippen molar-refractivity contribution in [3.05, 3.63) is 35.6 Å². The second-order valence-corrected chi connectivity index (χ2v) is 7.39. The standard InChI is InChI=1S/C19H27FO4/c1-13(2)18-10-16(23-11-14-8-6-7-9-15(14)20)17(3,24-18)12-19(18,21-4)22-5/h6-9,13,16H,10-12H2,1-5H3/t16-,17+,18-/m1/s1. The Hall–Kier alpha value is -1.01. The van der Waals surface area contributed by atoms with Gasteiger partial charge in [-0.3, -0.25) is 0 Å². The van der Waals surface area contributed by atoms with Crippen LogP contribution in [0.4, 0.5) is 4.39 Å². The molecule has 0 saturated carbocycles. The maximum absolute atomic E-state index is 13.8. The van der Waals surface area contributed by atoms with E-state index >= 15 is 0 Å². The molecular formula is C19H27FO4. The summed E-state index contributed by atoms with van der Waals surface area (Å²) >= 11 is 0. The van der Waals surface area contributed by atoms with Crippen LogP contribution in [0, 0.1) is 11.7 Å². The lowest BCUT2D eigenvalue weighted by Gasteiger charge is -2.46. The fraction of sp³-hybridized carbons (Fsp3) is 0.684. The van der Waals surface area contributed by atoms with Crippen LogP contribution >= 0.6 is 0 Å². The Morgan fingerprint density at radius 1 is 1.25 bits per heavy atom. The molecule has 0 radical (unpaired) electrons. The lowest BCUT2D eigenvalue weighted by atomic mass is 9.71. The van der Waals surface area contributed by atoms with E-state index in [2.05, 4.69) is 13.8 Å².